The average molecular weight is 295 g/mol. The monoisotopic (exact) mass is 294 g/mol. The van der Waals surface area contributed by atoms with Gasteiger partial charge in [0, 0.05) is 14.1 Å². The number of nitriles is 1. The number of benzene rings is 1. The number of carbonyl (C=O) groups is 1. The van der Waals surface area contributed by atoms with Gasteiger partial charge < -0.3 is 10.0 Å². The molecule has 0 saturated carbocycles. The summed E-state index contributed by atoms with van der Waals surface area (Å²) < 4.78 is 0.515. The first-order chi connectivity index (χ1) is 7.95. The standard InChI is InChI=1S/C12H11BrN2O2/c1-15(2)12(17)9(7-14)5-8-3-4-11(16)10(13)6-8/h3-6,16H,1-2H3/b9-5-. The molecule has 0 aliphatic rings. The summed E-state index contributed by atoms with van der Waals surface area (Å²) in [7, 11) is 3.17. The molecule has 0 aromatic heterocycles. The number of hydrogen-bond acceptors (Lipinski definition) is 3. The lowest BCUT2D eigenvalue weighted by Gasteiger charge is -2.08. The van der Waals surface area contributed by atoms with Crippen molar-refractivity contribution in [2.24, 2.45) is 0 Å². The Morgan fingerprint density at radius 2 is 2.18 bits per heavy atom. The van der Waals surface area contributed by atoms with Crippen LogP contribution in [0.25, 0.3) is 6.08 Å². The number of nitrogens with zero attached hydrogens (tertiary/aromatic N) is 2. The van der Waals surface area contributed by atoms with Crippen LogP contribution in [0.3, 0.4) is 0 Å². The van der Waals surface area contributed by atoms with E-state index in [9.17, 15) is 9.90 Å². The molecule has 0 atom stereocenters. The van der Waals surface area contributed by atoms with E-state index in [1.165, 1.54) is 17.0 Å². The summed E-state index contributed by atoms with van der Waals surface area (Å²) in [6.07, 6.45) is 1.48. The van der Waals surface area contributed by atoms with Crippen molar-refractivity contribution in [1.82, 2.24) is 4.90 Å². The van der Waals surface area contributed by atoms with Gasteiger partial charge in [-0.05, 0) is 39.7 Å². The van der Waals surface area contributed by atoms with Crippen LogP contribution in [0.1, 0.15) is 5.56 Å². The molecule has 17 heavy (non-hydrogen) atoms. The van der Waals surface area contributed by atoms with Gasteiger partial charge in [0.2, 0.25) is 0 Å². The zero-order valence-electron chi connectivity index (χ0n) is 9.44. The normalized spacial score (nSPS) is 10.8. The number of amides is 1. The maximum Gasteiger partial charge on any atom is 0.264 e. The molecule has 0 spiro atoms. The summed E-state index contributed by atoms with van der Waals surface area (Å²) in [5.74, 6) is -0.240. The van der Waals surface area contributed by atoms with Gasteiger partial charge in [0.25, 0.3) is 5.91 Å². The van der Waals surface area contributed by atoms with E-state index in [0.717, 1.165) is 0 Å². The molecule has 4 nitrogen and oxygen atoms in total. The van der Waals surface area contributed by atoms with Crippen LogP contribution in [0.2, 0.25) is 0 Å². The van der Waals surface area contributed by atoms with Crippen molar-refractivity contribution in [1.29, 1.82) is 5.26 Å². The largest absolute Gasteiger partial charge is 0.507 e. The Bertz CT molecular complexity index is 516. The molecule has 0 aliphatic heterocycles. The van der Waals surface area contributed by atoms with Gasteiger partial charge in [-0.2, -0.15) is 5.26 Å². The molecule has 1 aromatic carbocycles. The second-order valence-corrected chi connectivity index (χ2v) is 4.43. The molecule has 88 valence electrons. The summed E-state index contributed by atoms with van der Waals surface area (Å²) >= 11 is 3.17. The number of hydrogen-bond donors (Lipinski definition) is 1. The van der Waals surface area contributed by atoms with Crippen molar-refractivity contribution >= 4 is 27.9 Å². The van der Waals surface area contributed by atoms with E-state index >= 15 is 0 Å². The molecular formula is C12H11BrN2O2. The lowest BCUT2D eigenvalue weighted by atomic mass is 10.1. The highest BCUT2D eigenvalue weighted by Gasteiger charge is 2.11. The smallest absolute Gasteiger partial charge is 0.264 e. The van der Waals surface area contributed by atoms with Crippen LogP contribution in [-0.4, -0.2) is 30.0 Å². The fourth-order valence-corrected chi connectivity index (χ4v) is 1.56. The van der Waals surface area contributed by atoms with Gasteiger partial charge in [-0.3, -0.25) is 4.79 Å². The maximum absolute atomic E-state index is 11.6. The molecule has 0 bridgehead atoms. The predicted molar refractivity (Wildman–Crippen MR) is 68.1 cm³/mol. The van der Waals surface area contributed by atoms with Crippen LogP contribution < -0.4 is 0 Å². The first-order valence-electron chi connectivity index (χ1n) is 4.77. The van der Waals surface area contributed by atoms with Crippen LogP contribution in [0.4, 0.5) is 0 Å². The van der Waals surface area contributed by atoms with Crippen molar-refractivity contribution in [2.75, 3.05) is 14.1 Å². The van der Waals surface area contributed by atoms with Gasteiger partial charge in [-0.1, -0.05) is 6.07 Å². The average Bonchev–Trinajstić information content (AvgIpc) is 2.29. The molecule has 0 radical (unpaired) electrons. The Kier molecular flexibility index (Phi) is 4.30. The van der Waals surface area contributed by atoms with E-state index in [0.29, 0.717) is 10.0 Å². The molecule has 0 fully saturated rings. The zero-order valence-corrected chi connectivity index (χ0v) is 11.0. The van der Waals surface area contributed by atoms with Gasteiger partial charge >= 0.3 is 0 Å². The van der Waals surface area contributed by atoms with Crippen LogP contribution in [0.15, 0.2) is 28.2 Å². The Hall–Kier alpha value is -1.80. The third-order valence-corrected chi connectivity index (χ3v) is 2.67. The van der Waals surface area contributed by atoms with Gasteiger partial charge in [0.1, 0.15) is 17.4 Å². The van der Waals surface area contributed by atoms with Crippen molar-refractivity contribution in [3.63, 3.8) is 0 Å². The van der Waals surface area contributed by atoms with E-state index < -0.39 is 0 Å². The summed E-state index contributed by atoms with van der Waals surface area (Å²) in [5.41, 5.74) is 0.717. The third-order valence-electron chi connectivity index (χ3n) is 2.04. The Morgan fingerprint density at radius 3 is 2.65 bits per heavy atom. The SMILES string of the molecule is CN(C)C(=O)/C(C#N)=C\c1ccc(O)c(Br)c1. The Morgan fingerprint density at radius 1 is 1.53 bits per heavy atom. The highest BCUT2D eigenvalue weighted by Crippen LogP contribution is 2.25. The van der Waals surface area contributed by atoms with E-state index in [-0.39, 0.29) is 17.2 Å². The topological polar surface area (TPSA) is 64.3 Å². The lowest BCUT2D eigenvalue weighted by Crippen LogP contribution is -2.22. The van der Waals surface area contributed by atoms with Gasteiger partial charge in [0.05, 0.1) is 4.47 Å². The molecule has 0 saturated heterocycles. The van der Waals surface area contributed by atoms with Crippen molar-refractivity contribution in [3.05, 3.63) is 33.8 Å². The lowest BCUT2D eigenvalue weighted by molar-refractivity contribution is -0.124. The summed E-state index contributed by atoms with van der Waals surface area (Å²) in [4.78, 5) is 12.9. The first kappa shape index (κ1) is 13.3. The summed E-state index contributed by atoms with van der Waals surface area (Å²) in [5, 5.41) is 18.2. The summed E-state index contributed by atoms with van der Waals surface area (Å²) in [6, 6.07) is 6.61. The van der Waals surface area contributed by atoms with Gasteiger partial charge in [-0.25, -0.2) is 0 Å². The number of carbonyl (C=O) groups excluding carboxylic acids is 1. The molecule has 0 aliphatic carbocycles. The number of phenols is 1. The molecule has 1 amide bonds. The Labute approximate surface area is 108 Å². The highest BCUT2D eigenvalue weighted by molar-refractivity contribution is 9.10. The number of likely N-dealkylation sites (N-methyl/N-ethyl adjacent to an activating group) is 1. The number of phenolic OH excluding ortho intramolecular Hbond substituents is 1. The highest BCUT2D eigenvalue weighted by atomic mass is 79.9. The number of aromatic hydroxyl groups is 1. The fourth-order valence-electron chi connectivity index (χ4n) is 1.16. The first-order valence-corrected chi connectivity index (χ1v) is 5.57. The molecule has 1 aromatic rings. The number of halogens is 1. The Balaban J connectivity index is 3.12. The minimum Gasteiger partial charge on any atom is -0.507 e. The van der Waals surface area contributed by atoms with Crippen LogP contribution >= 0.6 is 15.9 Å². The second kappa shape index (κ2) is 5.51. The van der Waals surface area contributed by atoms with Crippen molar-refractivity contribution in [2.45, 2.75) is 0 Å². The molecule has 1 rings (SSSR count). The van der Waals surface area contributed by atoms with Crippen molar-refractivity contribution in [3.8, 4) is 11.8 Å². The predicted octanol–water partition coefficient (Wildman–Crippen LogP) is 2.15. The van der Waals surface area contributed by atoms with E-state index in [4.69, 9.17) is 5.26 Å². The quantitative estimate of drug-likeness (QED) is 0.671. The zero-order chi connectivity index (χ0) is 13.0. The minimum absolute atomic E-state index is 0.0487. The van der Waals surface area contributed by atoms with E-state index in [1.807, 2.05) is 6.07 Å². The third kappa shape index (κ3) is 3.33. The van der Waals surface area contributed by atoms with Crippen LogP contribution in [0, 0.1) is 11.3 Å². The van der Waals surface area contributed by atoms with Gasteiger partial charge in [0.15, 0.2) is 0 Å². The summed E-state index contributed by atoms with van der Waals surface area (Å²) in [6.45, 7) is 0. The maximum atomic E-state index is 11.6. The molecular weight excluding hydrogens is 284 g/mol. The fraction of sp³-hybridized carbons (Fsp3) is 0.167. The van der Waals surface area contributed by atoms with Gasteiger partial charge in [-0.15, -0.1) is 0 Å². The van der Waals surface area contributed by atoms with Crippen molar-refractivity contribution < 1.29 is 9.90 Å². The van der Waals surface area contributed by atoms with E-state index in [2.05, 4.69) is 15.9 Å². The van der Waals surface area contributed by atoms with Crippen LogP contribution in [-0.2, 0) is 4.79 Å². The molecule has 0 unspecified atom stereocenters. The minimum atomic E-state index is -0.350. The van der Waals surface area contributed by atoms with Crippen LogP contribution in [0.5, 0.6) is 5.75 Å². The molecule has 1 N–H and O–H groups in total. The van der Waals surface area contributed by atoms with E-state index in [1.54, 1.807) is 26.2 Å². The molecule has 5 heteroatoms. The molecule has 0 heterocycles. The second-order valence-electron chi connectivity index (χ2n) is 3.58. The number of rotatable bonds is 2.